The minimum absolute atomic E-state index is 0.156. The van der Waals surface area contributed by atoms with Crippen LogP contribution in [0.25, 0.3) is 0 Å². The molecule has 0 radical (unpaired) electrons. The summed E-state index contributed by atoms with van der Waals surface area (Å²) in [6, 6.07) is 13.9. The smallest absolute Gasteiger partial charge is 0.251 e. The second kappa shape index (κ2) is 8.69. The number of ether oxygens (including phenoxy) is 1. The number of benzene rings is 2. The Hall–Kier alpha value is -2.86. The molecule has 0 fully saturated rings. The second-order valence-electron chi connectivity index (χ2n) is 5.30. The van der Waals surface area contributed by atoms with Crippen LogP contribution in [0.15, 0.2) is 48.5 Å². The van der Waals surface area contributed by atoms with Crippen molar-refractivity contribution in [1.82, 2.24) is 5.32 Å². The Balaban J connectivity index is 1.94. The number of hydrogen-bond donors (Lipinski definition) is 3. The lowest BCUT2D eigenvalue weighted by Gasteiger charge is -2.08. The largest absolute Gasteiger partial charge is 0.399 e. The average molecular weight is 327 g/mol. The Morgan fingerprint density at radius 3 is 2.58 bits per heavy atom. The molecule has 4 N–H and O–H groups in total. The molecule has 0 heterocycles. The molecule has 0 atom stereocenters. The molecular weight excluding hydrogens is 306 g/mol. The van der Waals surface area contributed by atoms with E-state index in [2.05, 4.69) is 10.6 Å². The number of nitrogen functional groups attached to an aromatic ring is 1. The Kier molecular flexibility index (Phi) is 6.33. The van der Waals surface area contributed by atoms with Crippen molar-refractivity contribution in [3.63, 3.8) is 0 Å². The molecule has 2 aromatic carbocycles. The van der Waals surface area contributed by atoms with Crippen molar-refractivity contribution in [1.29, 1.82) is 0 Å². The molecule has 0 aliphatic rings. The summed E-state index contributed by atoms with van der Waals surface area (Å²) in [5.74, 6) is -0.363. The summed E-state index contributed by atoms with van der Waals surface area (Å²) in [6.07, 6.45) is 0.241. The summed E-state index contributed by atoms with van der Waals surface area (Å²) in [5, 5.41) is 5.53. The molecule has 0 aliphatic carbocycles. The van der Waals surface area contributed by atoms with Crippen LogP contribution >= 0.6 is 0 Å². The van der Waals surface area contributed by atoms with Gasteiger partial charge in [-0.2, -0.15) is 0 Å². The minimum atomic E-state index is -0.207. The van der Waals surface area contributed by atoms with E-state index in [9.17, 15) is 9.59 Å². The van der Waals surface area contributed by atoms with Crippen LogP contribution in [0.3, 0.4) is 0 Å². The zero-order valence-corrected chi connectivity index (χ0v) is 13.5. The van der Waals surface area contributed by atoms with Crippen molar-refractivity contribution in [3.05, 3.63) is 59.7 Å². The lowest BCUT2D eigenvalue weighted by Crippen LogP contribution is -2.27. The number of methoxy groups -OCH3 is 1. The van der Waals surface area contributed by atoms with E-state index in [0.717, 1.165) is 5.56 Å². The Morgan fingerprint density at radius 1 is 1.12 bits per heavy atom. The highest BCUT2D eigenvalue weighted by molar-refractivity contribution is 5.97. The van der Waals surface area contributed by atoms with Gasteiger partial charge in [-0.05, 0) is 35.9 Å². The zero-order chi connectivity index (χ0) is 17.4. The maximum absolute atomic E-state index is 12.1. The molecule has 6 nitrogen and oxygen atoms in total. The fourth-order valence-electron chi connectivity index (χ4n) is 2.13. The van der Waals surface area contributed by atoms with Gasteiger partial charge in [0.1, 0.15) is 0 Å². The zero-order valence-electron chi connectivity index (χ0n) is 13.5. The third-order valence-corrected chi connectivity index (χ3v) is 3.34. The van der Waals surface area contributed by atoms with Gasteiger partial charge in [0.25, 0.3) is 5.91 Å². The molecule has 0 aliphatic heterocycles. The highest BCUT2D eigenvalue weighted by Gasteiger charge is 2.08. The third-order valence-electron chi connectivity index (χ3n) is 3.34. The van der Waals surface area contributed by atoms with Crippen molar-refractivity contribution >= 4 is 23.2 Å². The lowest BCUT2D eigenvalue weighted by molar-refractivity contribution is -0.115. The number of amides is 2. The number of rotatable bonds is 7. The van der Waals surface area contributed by atoms with Gasteiger partial charge < -0.3 is 21.1 Å². The van der Waals surface area contributed by atoms with E-state index in [0.29, 0.717) is 30.1 Å². The van der Waals surface area contributed by atoms with Gasteiger partial charge in [0, 0.05) is 30.6 Å². The van der Waals surface area contributed by atoms with E-state index in [1.54, 1.807) is 43.5 Å². The number of hydrogen-bond acceptors (Lipinski definition) is 4. The van der Waals surface area contributed by atoms with Crippen molar-refractivity contribution < 1.29 is 14.3 Å². The van der Waals surface area contributed by atoms with Crippen molar-refractivity contribution in [2.24, 2.45) is 0 Å². The van der Waals surface area contributed by atoms with E-state index in [1.807, 2.05) is 12.1 Å². The van der Waals surface area contributed by atoms with Crippen LogP contribution in [0.5, 0.6) is 0 Å². The van der Waals surface area contributed by atoms with Crippen LogP contribution in [0.1, 0.15) is 15.9 Å². The molecule has 24 heavy (non-hydrogen) atoms. The first-order chi connectivity index (χ1) is 11.6. The maximum atomic E-state index is 12.1. The van der Waals surface area contributed by atoms with Gasteiger partial charge in [0.15, 0.2) is 0 Å². The predicted molar refractivity (Wildman–Crippen MR) is 93.8 cm³/mol. The molecule has 0 bridgehead atoms. The molecular formula is C18H21N3O3. The standard InChI is InChI=1S/C18H21N3O3/c1-24-10-9-20-18(23)14-3-2-4-16(12-14)21-17(22)11-13-5-7-15(19)8-6-13/h2-8,12H,9-11,19H2,1H3,(H,20,23)(H,21,22). The summed E-state index contributed by atoms with van der Waals surface area (Å²) < 4.78 is 4.89. The Labute approximate surface area is 141 Å². The van der Waals surface area contributed by atoms with E-state index < -0.39 is 0 Å². The maximum Gasteiger partial charge on any atom is 0.251 e. The number of carbonyl (C=O) groups is 2. The van der Waals surface area contributed by atoms with E-state index in [4.69, 9.17) is 10.5 Å². The van der Waals surface area contributed by atoms with E-state index >= 15 is 0 Å². The van der Waals surface area contributed by atoms with Crippen LogP contribution in [0, 0.1) is 0 Å². The molecule has 0 spiro atoms. The molecule has 0 aromatic heterocycles. The van der Waals surface area contributed by atoms with Crippen molar-refractivity contribution in [3.8, 4) is 0 Å². The fraction of sp³-hybridized carbons (Fsp3) is 0.222. The first-order valence-electron chi connectivity index (χ1n) is 7.60. The van der Waals surface area contributed by atoms with Gasteiger partial charge in [-0.15, -0.1) is 0 Å². The molecule has 0 saturated heterocycles. The van der Waals surface area contributed by atoms with Gasteiger partial charge in [-0.25, -0.2) is 0 Å². The molecule has 6 heteroatoms. The number of anilines is 2. The van der Waals surface area contributed by atoms with Gasteiger partial charge in [-0.3, -0.25) is 9.59 Å². The predicted octanol–water partition coefficient (Wildman–Crippen LogP) is 1.83. The minimum Gasteiger partial charge on any atom is -0.399 e. The van der Waals surface area contributed by atoms with Crippen LogP contribution in [-0.2, 0) is 16.0 Å². The molecule has 2 amide bonds. The fourth-order valence-corrected chi connectivity index (χ4v) is 2.13. The molecule has 2 rings (SSSR count). The number of nitrogens with two attached hydrogens (primary N) is 1. The second-order valence-corrected chi connectivity index (χ2v) is 5.30. The van der Waals surface area contributed by atoms with Crippen LogP contribution in [-0.4, -0.2) is 32.1 Å². The number of nitrogens with one attached hydrogen (secondary N) is 2. The van der Waals surface area contributed by atoms with Crippen LogP contribution in [0.2, 0.25) is 0 Å². The number of carbonyl (C=O) groups excluding carboxylic acids is 2. The first-order valence-corrected chi connectivity index (χ1v) is 7.60. The molecule has 0 unspecified atom stereocenters. The highest BCUT2D eigenvalue weighted by Crippen LogP contribution is 2.12. The summed E-state index contributed by atoms with van der Waals surface area (Å²) >= 11 is 0. The quantitative estimate of drug-likeness (QED) is 0.534. The van der Waals surface area contributed by atoms with Crippen LogP contribution < -0.4 is 16.4 Å². The van der Waals surface area contributed by atoms with E-state index in [-0.39, 0.29) is 18.2 Å². The normalized spacial score (nSPS) is 10.2. The summed E-state index contributed by atoms with van der Waals surface area (Å²) in [5.41, 5.74) is 8.21. The summed E-state index contributed by atoms with van der Waals surface area (Å²) in [7, 11) is 1.57. The van der Waals surface area contributed by atoms with E-state index in [1.165, 1.54) is 0 Å². The summed E-state index contributed by atoms with van der Waals surface area (Å²) in [4.78, 5) is 24.1. The molecule has 0 saturated carbocycles. The lowest BCUT2D eigenvalue weighted by atomic mass is 10.1. The van der Waals surface area contributed by atoms with Crippen molar-refractivity contribution in [2.75, 3.05) is 31.3 Å². The van der Waals surface area contributed by atoms with Gasteiger partial charge in [-0.1, -0.05) is 18.2 Å². The van der Waals surface area contributed by atoms with Crippen LogP contribution in [0.4, 0.5) is 11.4 Å². The third kappa shape index (κ3) is 5.40. The SMILES string of the molecule is COCCNC(=O)c1cccc(NC(=O)Cc2ccc(N)cc2)c1. The molecule has 2 aromatic rings. The highest BCUT2D eigenvalue weighted by atomic mass is 16.5. The Bertz CT molecular complexity index is 699. The molecule has 126 valence electrons. The average Bonchev–Trinajstić information content (AvgIpc) is 2.57. The van der Waals surface area contributed by atoms with Gasteiger partial charge in [0.05, 0.1) is 13.0 Å². The first kappa shape index (κ1) is 17.5. The summed E-state index contributed by atoms with van der Waals surface area (Å²) in [6.45, 7) is 0.882. The van der Waals surface area contributed by atoms with Gasteiger partial charge >= 0.3 is 0 Å². The monoisotopic (exact) mass is 327 g/mol. The topological polar surface area (TPSA) is 93.5 Å². The Morgan fingerprint density at radius 2 is 1.88 bits per heavy atom. The van der Waals surface area contributed by atoms with Gasteiger partial charge in [0.2, 0.25) is 5.91 Å². The van der Waals surface area contributed by atoms with Crippen molar-refractivity contribution in [2.45, 2.75) is 6.42 Å².